The van der Waals surface area contributed by atoms with Gasteiger partial charge in [-0.2, -0.15) is 0 Å². The Kier molecular flexibility index (Phi) is 3.30. The molecule has 0 amide bonds. The molecular weight excluding hydrogens is 197 g/mol. The lowest BCUT2D eigenvalue weighted by Crippen LogP contribution is -2.33. The van der Waals surface area contributed by atoms with Crippen LogP contribution in [0.1, 0.15) is 17.2 Å². The summed E-state index contributed by atoms with van der Waals surface area (Å²) in [5.41, 5.74) is 1.23. The van der Waals surface area contributed by atoms with Crippen LogP contribution in [0.2, 0.25) is 0 Å². The Morgan fingerprint density at radius 1 is 1.53 bits per heavy atom. The SMILES string of the molecule is OCc1cc(C2CNCCO2)ccc1F. The summed E-state index contributed by atoms with van der Waals surface area (Å²) in [4.78, 5) is 0. The van der Waals surface area contributed by atoms with Gasteiger partial charge in [0.1, 0.15) is 5.82 Å². The van der Waals surface area contributed by atoms with E-state index in [9.17, 15) is 4.39 Å². The molecule has 1 aliphatic rings. The molecule has 3 nitrogen and oxygen atoms in total. The van der Waals surface area contributed by atoms with Gasteiger partial charge in [-0.1, -0.05) is 6.07 Å². The minimum Gasteiger partial charge on any atom is -0.392 e. The smallest absolute Gasteiger partial charge is 0.128 e. The zero-order chi connectivity index (χ0) is 10.7. The molecule has 1 atom stereocenters. The lowest BCUT2D eigenvalue weighted by molar-refractivity contribution is 0.0275. The topological polar surface area (TPSA) is 41.5 Å². The molecule has 0 bridgehead atoms. The lowest BCUT2D eigenvalue weighted by atomic mass is 10.0. The van der Waals surface area contributed by atoms with Crippen molar-refractivity contribution >= 4 is 0 Å². The van der Waals surface area contributed by atoms with Gasteiger partial charge in [0.25, 0.3) is 0 Å². The molecule has 4 heteroatoms. The van der Waals surface area contributed by atoms with Crippen LogP contribution in [0.3, 0.4) is 0 Å². The third kappa shape index (κ3) is 2.34. The maximum absolute atomic E-state index is 13.1. The second kappa shape index (κ2) is 4.70. The molecule has 0 aromatic heterocycles. The highest BCUT2D eigenvalue weighted by molar-refractivity contribution is 5.26. The summed E-state index contributed by atoms with van der Waals surface area (Å²) in [5, 5.41) is 12.1. The molecule has 0 saturated carbocycles. The van der Waals surface area contributed by atoms with Crippen molar-refractivity contribution in [2.24, 2.45) is 0 Å². The van der Waals surface area contributed by atoms with Gasteiger partial charge in [-0.05, 0) is 17.7 Å². The highest BCUT2D eigenvalue weighted by Gasteiger charge is 2.16. The number of hydrogen-bond donors (Lipinski definition) is 2. The normalized spacial score (nSPS) is 21.6. The van der Waals surface area contributed by atoms with Crippen LogP contribution in [-0.4, -0.2) is 24.8 Å². The third-order valence-corrected chi connectivity index (χ3v) is 2.54. The van der Waals surface area contributed by atoms with E-state index in [-0.39, 0.29) is 18.5 Å². The van der Waals surface area contributed by atoms with Crippen molar-refractivity contribution in [1.82, 2.24) is 5.32 Å². The average molecular weight is 211 g/mol. The minimum atomic E-state index is -0.370. The number of morpholine rings is 1. The Morgan fingerprint density at radius 2 is 2.40 bits per heavy atom. The Balaban J connectivity index is 2.20. The number of aliphatic hydroxyl groups excluding tert-OH is 1. The van der Waals surface area contributed by atoms with E-state index in [4.69, 9.17) is 9.84 Å². The van der Waals surface area contributed by atoms with Crippen molar-refractivity contribution in [2.75, 3.05) is 19.7 Å². The fourth-order valence-corrected chi connectivity index (χ4v) is 1.70. The zero-order valence-corrected chi connectivity index (χ0v) is 8.37. The van der Waals surface area contributed by atoms with Gasteiger partial charge in [0.2, 0.25) is 0 Å². The van der Waals surface area contributed by atoms with E-state index in [0.29, 0.717) is 12.2 Å². The first-order valence-corrected chi connectivity index (χ1v) is 5.03. The largest absolute Gasteiger partial charge is 0.392 e. The molecular formula is C11H14FNO2. The quantitative estimate of drug-likeness (QED) is 0.766. The molecule has 15 heavy (non-hydrogen) atoms. The minimum absolute atomic E-state index is 0.0374. The second-order valence-corrected chi connectivity index (χ2v) is 3.57. The van der Waals surface area contributed by atoms with Crippen molar-refractivity contribution in [3.05, 3.63) is 35.1 Å². The molecule has 0 radical (unpaired) electrons. The molecule has 0 aliphatic carbocycles. The first-order chi connectivity index (χ1) is 7.31. The number of hydrogen-bond acceptors (Lipinski definition) is 3. The van der Waals surface area contributed by atoms with E-state index in [1.165, 1.54) is 6.07 Å². The molecule has 1 heterocycles. The van der Waals surface area contributed by atoms with Crippen molar-refractivity contribution in [3.8, 4) is 0 Å². The maximum Gasteiger partial charge on any atom is 0.128 e. The molecule has 1 aliphatic heterocycles. The molecule has 2 N–H and O–H groups in total. The van der Waals surface area contributed by atoms with Crippen molar-refractivity contribution in [1.29, 1.82) is 0 Å². The van der Waals surface area contributed by atoms with Gasteiger partial charge >= 0.3 is 0 Å². The van der Waals surface area contributed by atoms with Gasteiger partial charge in [-0.25, -0.2) is 4.39 Å². The first kappa shape index (κ1) is 10.5. The van der Waals surface area contributed by atoms with Crippen LogP contribution in [0.25, 0.3) is 0 Å². The highest BCUT2D eigenvalue weighted by Crippen LogP contribution is 2.21. The molecule has 2 rings (SSSR count). The summed E-state index contributed by atoms with van der Waals surface area (Å²) < 4.78 is 18.7. The Morgan fingerprint density at radius 3 is 3.07 bits per heavy atom. The van der Waals surface area contributed by atoms with Gasteiger partial charge in [-0.3, -0.25) is 0 Å². The molecule has 1 aromatic carbocycles. The number of aliphatic hydroxyl groups is 1. The van der Waals surface area contributed by atoms with E-state index in [2.05, 4.69) is 5.32 Å². The molecule has 82 valence electrons. The Bertz CT molecular complexity index is 337. The Labute approximate surface area is 87.9 Å². The van der Waals surface area contributed by atoms with Crippen molar-refractivity contribution < 1.29 is 14.2 Å². The number of halogens is 1. The van der Waals surface area contributed by atoms with E-state index in [0.717, 1.165) is 18.7 Å². The molecule has 1 saturated heterocycles. The van der Waals surface area contributed by atoms with Crippen LogP contribution in [-0.2, 0) is 11.3 Å². The second-order valence-electron chi connectivity index (χ2n) is 3.57. The first-order valence-electron chi connectivity index (χ1n) is 5.03. The van der Waals surface area contributed by atoms with Crippen LogP contribution in [0, 0.1) is 5.82 Å². The summed E-state index contributed by atoms with van der Waals surface area (Å²) in [7, 11) is 0. The van der Waals surface area contributed by atoms with E-state index in [1.54, 1.807) is 12.1 Å². The molecule has 1 unspecified atom stereocenters. The van der Waals surface area contributed by atoms with Gasteiger partial charge in [0, 0.05) is 18.7 Å². The number of ether oxygens (including phenoxy) is 1. The van der Waals surface area contributed by atoms with E-state index < -0.39 is 0 Å². The lowest BCUT2D eigenvalue weighted by Gasteiger charge is -2.24. The van der Waals surface area contributed by atoms with Crippen LogP contribution in [0.5, 0.6) is 0 Å². The predicted octanol–water partition coefficient (Wildman–Crippen LogP) is 0.979. The average Bonchev–Trinajstić information content (AvgIpc) is 2.31. The van der Waals surface area contributed by atoms with Gasteiger partial charge in [0.05, 0.1) is 19.3 Å². The summed E-state index contributed by atoms with van der Waals surface area (Å²) in [6.07, 6.45) is -0.0374. The fraction of sp³-hybridized carbons (Fsp3) is 0.455. The number of benzene rings is 1. The monoisotopic (exact) mass is 211 g/mol. The van der Waals surface area contributed by atoms with Crippen molar-refractivity contribution in [3.63, 3.8) is 0 Å². The summed E-state index contributed by atoms with van der Waals surface area (Å²) in [6, 6.07) is 4.73. The van der Waals surface area contributed by atoms with Crippen molar-refractivity contribution in [2.45, 2.75) is 12.7 Å². The standard InChI is InChI=1S/C11H14FNO2/c12-10-2-1-8(5-9(10)7-14)11-6-13-3-4-15-11/h1-2,5,11,13-14H,3-4,6-7H2. The van der Waals surface area contributed by atoms with Gasteiger partial charge in [0.15, 0.2) is 0 Å². The molecule has 0 spiro atoms. The number of rotatable bonds is 2. The van der Waals surface area contributed by atoms with Gasteiger partial charge < -0.3 is 15.2 Å². The maximum atomic E-state index is 13.1. The zero-order valence-electron chi connectivity index (χ0n) is 8.37. The van der Waals surface area contributed by atoms with E-state index in [1.807, 2.05) is 0 Å². The van der Waals surface area contributed by atoms with Crippen LogP contribution in [0.15, 0.2) is 18.2 Å². The molecule has 1 aromatic rings. The third-order valence-electron chi connectivity index (χ3n) is 2.54. The summed E-state index contributed by atoms with van der Waals surface area (Å²) >= 11 is 0. The van der Waals surface area contributed by atoms with Crippen LogP contribution in [0.4, 0.5) is 4.39 Å². The van der Waals surface area contributed by atoms with Gasteiger partial charge in [-0.15, -0.1) is 0 Å². The summed E-state index contributed by atoms with van der Waals surface area (Å²) in [5.74, 6) is -0.370. The number of nitrogens with one attached hydrogen (secondary N) is 1. The highest BCUT2D eigenvalue weighted by atomic mass is 19.1. The van der Waals surface area contributed by atoms with E-state index >= 15 is 0 Å². The van der Waals surface area contributed by atoms with Crippen LogP contribution < -0.4 is 5.32 Å². The fourth-order valence-electron chi connectivity index (χ4n) is 1.70. The molecule has 1 fully saturated rings. The Hall–Kier alpha value is -0.970. The van der Waals surface area contributed by atoms with Crippen LogP contribution >= 0.6 is 0 Å². The summed E-state index contributed by atoms with van der Waals surface area (Å²) in [6.45, 7) is 1.97. The predicted molar refractivity (Wildman–Crippen MR) is 53.9 cm³/mol.